The lowest BCUT2D eigenvalue weighted by atomic mass is 9.84. The van der Waals surface area contributed by atoms with Gasteiger partial charge in [-0.15, -0.1) is 0 Å². The zero-order valence-electron chi connectivity index (χ0n) is 46.4. The Balaban J connectivity index is 1.33. The number of aromatic nitrogens is 4. The number of aromatic amines is 2. The Hall–Kier alpha value is -6.03. The molecule has 6 rings (SSSR count). The second-order valence-electron chi connectivity index (χ2n) is 21.7. The highest BCUT2D eigenvalue weighted by Gasteiger charge is 2.36. The fourth-order valence-corrected chi connectivity index (χ4v) is 10.9. The number of fused-ring (bicyclic) bond motifs is 8. The first-order valence-electron chi connectivity index (χ1n) is 27.2. The average Bonchev–Trinajstić information content (AvgIpc) is 4.04. The predicted octanol–water partition coefficient (Wildman–Crippen LogP) is 15.0. The minimum atomic E-state index is -0.486. The van der Waals surface area contributed by atoms with E-state index in [0.717, 1.165) is 86.7 Å². The van der Waals surface area contributed by atoms with Crippen molar-refractivity contribution >= 4 is 57.1 Å². The molecule has 3 aromatic heterocycles. The van der Waals surface area contributed by atoms with E-state index in [1.807, 2.05) is 55.5 Å². The number of aryl methyl sites for hydroxylation is 3. The summed E-state index contributed by atoms with van der Waals surface area (Å²) in [6.45, 7) is 26.7. The van der Waals surface area contributed by atoms with E-state index in [4.69, 9.17) is 19.4 Å². The summed E-state index contributed by atoms with van der Waals surface area (Å²) in [7, 11) is 3.16. The number of likely N-dealkylation sites (N-methyl/N-ethyl adjacent to an activating group) is 1. The maximum atomic E-state index is 15.0. The minimum absolute atomic E-state index is 0.140. The molecule has 0 aliphatic carbocycles. The number of amides is 1. The molecule has 10 heteroatoms. The first-order chi connectivity index (χ1) is 34.9. The smallest absolute Gasteiger partial charge is 0.310 e. The number of benzene rings is 1. The van der Waals surface area contributed by atoms with Crippen LogP contribution in [0.1, 0.15) is 194 Å². The van der Waals surface area contributed by atoms with Crippen LogP contribution in [-0.4, -0.2) is 63.4 Å². The highest BCUT2D eigenvalue weighted by molar-refractivity contribution is 6.27. The standard InChI is InChI=1S/C63H85N5O5/c1-14-48-43(8)52-35-54-45(10)50(30-31-58(69)73-33-32-42(7)27-21-26-41(6)25-20-24-40(5)23-19-22-39(3)4)61(66-54)51(34-59(70)72-13)62-60(63(71)68(12)38-47-28-17-16-18-29-47)46(11)55(67-62)37-57-49(15-2)44(9)53(65-57)36-56(48)64-52/h14,16-18,28-29,32,35-37,39-41,45,50,64-65H,1,15,19-27,30-31,33-34,38H2,2-13H3. The minimum Gasteiger partial charge on any atom is -0.469 e. The van der Waals surface area contributed by atoms with Crippen LogP contribution in [0.5, 0.6) is 0 Å². The molecule has 392 valence electrons. The highest BCUT2D eigenvalue weighted by atomic mass is 16.5. The third-order valence-electron chi connectivity index (χ3n) is 15.6. The summed E-state index contributed by atoms with van der Waals surface area (Å²) >= 11 is 0. The van der Waals surface area contributed by atoms with Crippen molar-refractivity contribution in [1.82, 2.24) is 24.8 Å². The summed E-state index contributed by atoms with van der Waals surface area (Å²) < 4.78 is 11.2. The van der Waals surface area contributed by atoms with Crippen molar-refractivity contribution in [3.8, 4) is 0 Å². The maximum absolute atomic E-state index is 15.0. The van der Waals surface area contributed by atoms with Crippen LogP contribution in [0.15, 0.2) is 66.8 Å². The SMILES string of the molecule is C=Cc1c(C)c2cc3nc(c(CC(=O)OC)c4nc(cc5[nH]c(cc1[nH]2)c(C)c5CC)C(C)=C4C(=O)N(C)Cc1ccccc1)C(CCC(=O)OCC=C(C)CCCC(C)CCCC(C)CCCC(C)C)C3C. The number of nitrogens with zero attached hydrogens (tertiary/aromatic N) is 3. The molecular weight excluding hydrogens is 907 g/mol. The second-order valence-corrected chi connectivity index (χ2v) is 21.7. The van der Waals surface area contributed by atoms with Crippen LogP contribution in [0.25, 0.3) is 39.3 Å². The van der Waals surface area contributed by atoms with Crippen LogP contribution in [0.4, 0.5) is 0 Å². The van der Waals surface area contributed by atoms with Crippen molar-refractivity contribution in [2.24, 2.45) is 17.8 Å². The molecule has 2 N–H and O–H groups in total. The van der Waals surface area contributed by atoms with Crippen molar-refractivity contribution in [2.75, 3.05) is 20.8 Å². The van der Waals surface area contributed by atoms with Crippen molar-refractivity contribution in [2.45, 2.75) is 171 Å². The van der Waals surface area contributed by atoms with E-state index in [2.05, 4.69) is 91.0 Å². The van der Waals surface area contributed by atoms with Gasteiger partial charge in [0.05, 0.1) is 36.2 Å². The summed E-state index contributed by atoms with van der Waals surface area (Å²) in [4.78, 5) is 62.1. The maximum Gasteiger partial charge on any atom is 0.310 e. The third-order valence-corrected chi connectivity index (χ3v) is 15.6. The van der Waals surface area contributed by atoms with Gasteiger partial charge >= 0.3 is 11.9 Å². The molecule has 2 aliphatic rings. The molecule has 0 saturated heterocycles. The number of hydrogen-bond acceptors (Lipinski definition) is 7. The van der Waals surface area contributed by atoms with Gasteiger partial charge in [-0.2, -0.15) is 0 Å². The largest absolute Gasteiger partial charge is 0.469 e. The molecule has 5 heterocycles. The number of rotatable bonds is 24. The molecule has 0 saturated carbocycles. The van der Waals surface area contributed by atoms with Gasteiger partial charge < -0.3 is 24.3 Å². The zero-order chi connectivity index (χ0) is 52.9. The molecule has 8 bridgehead atoms. The number of H-pyrrole nitrogens is 2. The van der Waals surface area contributed by atoms with Crippen LogP contribution in [0, 0.1) is 31.6 Å². The first-order valence-corrected chi connectivity index (χ1v) is 27.2. The van der Waals surface area contributed by atoms with Crippen LogP contribution < -0.4 is 0 Å². The molecule has 1 amide bonds. The van der Waals surface area contributed by atoms with Crippen LogP contribution in [0.3, 0.4) is 0 Å². The number of methoxy groups -OCH3 is 1. The van der Waals surface area contributed by atoms with Crippen molar-refractivity contribution in [3.05, 3.63) is 123 Å². The van der Waals surface area contributed by atoms with Gasteiger partial charge in [-0.05, 0) is 123 Å². The molecule has 0 radical (unpaired) electrons. The molecule has 0 fully saturated rings. The topological polar surface area (TPSA) is 130 Å². The fraction of sp³-hybridized carbons (Fsp3) is 0.508. The first kappa shape index (κ1) is 56.3. The Labute approximate surface area is 436 Å². The number of hydrogen-bond donors (Lipinski definition) is 2. The summed E-state index contributed by atoms with van der Waals surface area (Å²) in [5, 5.41) is 0. The van der Waals surface area contributed by atoms with E-state index in [9.17, 15) is 14.4 Å². The van der Waals surface area contributed by atoms with Crippen molar-refractivity contribution < 1.29 is 23.9 Å². The van der Waals surface area contributed by atoms with E-state index in [-0.39, 0.29) is 43.2 Å². The molecule has 4 aromatic rings. The van der Waals surface area contributed by atoms with Crippen LogP contribution in [-0.2, 0) is 43.2 Å². The van der Waals surface area contributed by atoms with E-state index < -0.39 is 5.97 Å². The Morgan fingerprint density at radius 2 is 1.47 bits per heavy atom. The van der Waals surface area contributed by atoms with E-state index >= 15 is 0 Å². The lowest BCUT2D eigenvalue weighted by Gasteiger charge is -2.21. The number of ether oxygens (including phenoxy) is 2. The summed E-state index contributed by atoms with van der Waals surface area (Å²) in [5.74, 6) is 0.794. The molecule has 10 nitrogen and oxygen atoms in total. The molecule has 2 aliphatic heterocycles. The summed E-state index contributed by atoms with van der Waals surface area (Å²) in [6.07, 6.45) is 16.3. The van der Waals surface area contributed by atoms with Gasteiger partial charge in [0.25, 0.3) is 5.91 Å². The van der Waals surface area contributed by atoms with Gasteiger partial charge in [0.15, 0.2) is 0 Å². The number of esters is 2. The van der Waals surface area contributed by atoms with Crippen molar-refractivity contribution in [3.63, 3.8) is 0 Å². The summed E-state index contributed by atoms with van der Waals surface area (Å²) in [6, 6.07) is 16.1. The van der Waals surface area contributed by atoms with Gasteiger partial charge in [0.1, 0.15) is 6.61 Å². The predicted molar refractivity (Wildman–Crippen MR) is 301 cm³/mol. The molecule has 4 unspecified atom stereocenters. The molecule has 73 heavy (non-hydrogen) atoms. The van der Waals surface area contributed by atoms with Gasteiger partial charge in [0, 0.05) is 70.7 Å². The Morgan fingerprint density at radius 1 is 0.808 bits per heavy atom. The monoisotopic (exact) mass is 992 g/mol. The number of nitrogens with one attached hydrogen (secondary N) is 2. The molecule has 1 aromatic carbocycles. The quantitative estimate of drug-likeness (QED) is 0.0528. The number of allylic oxidation sites excluding steroid dienone is 2. The van der Waals surface area contributed by atoms with E-state index in [0.29, 0.717) is 52.7 Å². The summed E-state index contributed by atoms with van der Waals surface area (Å²) in [5.41, 5.74) is 14.1. The molecule has 0 spiro atoms. The Kier molecular flexibility index (Phi) is 20.2. The van der Waals surface area contributed by atoms with E-state index in [1.54, 1.807) is 11.9 Å². The lowest BCUT2D eigenvalue weighted by Crippen LogP contribution is -2.27. The molecule has 4 atom stereocenters. The Morgan fingerprint density at radius 3 is 2.12 bits per heavy atom. The van der Waals surface area contributed by atoms with Crippen molar-refractivity contribution in [1.29, 1.82) is 0 Å². The highest BCUT2D eigenvalue weighted by Crippen LogP contribution is 2.44. The van der Waals surface area contributed by atoms with E-state index in [1.165, 1.54) is 57.6 Å². The lowest BCUT2D eigenvalue weighted by molar-refractivity contribution is -0.143. The van der Waals surface area contributed by atoms with Gasteiger partial charge in [-0.25, -0.2) is 4.98 Å². The number of carbonyl (C=O) groups excluding carboxylic acids is 3. The van der Waals surface area contributed by atoms with Crippen LogP contribution in [0.2, 0.25) is 0 Å². The second kappa shape index (κ2) is 26.3. The Bertz CT molecular complexity index is 2830. The number of carbonyl (C=O) groups is 3. The third kappa shape index (κ3) is 14.4. The normalized spacial score (nSPS) is 15.7. The molecular formula is C63H85N5O5. The van der Waals surface area contributed by atoms with Crippen LogP contribution >= 0.6 is 0 Å². The average molecular weight is 992 g/mol. The van der Waals surface area contributed by atoms with Gasteiger partial charge in [-0.1, -0.05) is 135 Å². The zero-order valence-corrected chi connectivity index (χ0v) is 46.4. The van der Waals surface area contributed by atoms with Gasteiger partial charge in [-0.3, -0.25) is 19.4 Å². The fourth-order valence-electron chi connectivity index (χ4n) is 10.9. The van der Waals surface area contributed by atoms with Gasteiger partial charge in [0.2, 0.25) is 0 Å².